The first-order valence-electron chi connectivity index (χ1n) is 6.97. The first-order valence-corrected chi connectivity index (χ1v) is 6.97. The molecule has 0 radical (unpaired) electrons. The molecule has 1 fully saturated rings. The fourth-order valence-corrected chi connectivity index (χ4v) is 2.54. The zero-order chi connectivity index (χ0) is 15.0. The maximum absolute atomic E-state index is 12.0. The summed E-state index contributed by atoms with van der Waals surface area (Å²) in [6.07, 6.45) is 3.30. The van der Waals surface area contributed by atoms with E-state index in [1.165, 1.54) is 6.42 Å². The molecule has 0 unspecified atom stereocenters. The minimum Gasteiger partial charge on any atom is -0.328 e. The number of carbonyl (C=O) groups excluding carboxylic acids is 3. The Bertz CT molecular complexity index is 574. The molecule has 6 nitrogen and oxygen atoms in total. The number of nitrogens with zero attached hydrogens (tertiary/aromatic N) is 2. The van der Waals surface area contributed by atoms with Gasteiger partial charge in [-0.25, -0.2) is 4.79 Å². The van der Waals surface area contributed by atoms with Gasteiger partial charge in [0.1, 0.15) is 0 Å². The lowest BCUT2D eigenvalue weighted by Gasteiger charge is -2.33. The summed E-state index contributed by atoms with van der Waals surface area (Å²) in [6.45, 7) is 0.0675. The van der Waals surface area contributed by atoms with Crippen molar-refractivity contribution in [2.45, 2.75) is 25.3 Å². The molecule has 0 bridgehead atoms. The van der Waals surface area contributed by atoms with Crippen LogP contribution in [0.3, 0.4) is 0 Å². The summed E-state index contributed by atoms with van der Waals surface area (Å²) >= 11 is 0. The van der Waals surface area contributed by atoms with Gasteiger partial charge in [-0.05, 0) is 32.0 Å². The summed E-state index contributed by atoms with van der Waals surface area (Å²) in [5, 5.41) is 0.557. The molecule has 21 heavy (non-hydrogen) atoms. The van der Waals surface area contributed by atoms with Crippen LogP contribution in [0.2, 0.25) is 0 Å². The van der Waals surface area contributed by atoms with Gasteiger partial charge >= 0.3 is 5.97 Å². The van der Waals surface area contributed by atoms with Gasteiger partial charge in [-0.2, -0.15) is 0 Å². The fraction of sp³-hybridized carbons (Fsp3) is 0.400. The highest BCUT2D eigenvalue weighted by Crippen LogP contribution is 2.24. The summed E-state index contributed by atoms with van der Waals surface area (Å²) in [6, 6.07) is 6.81. The van der Waals surface area contributed by atoms with Crippen molar-refractivity contribution in [2.75, 3.05) is 13.6 Å². The van der Waals surface area contributed by atoms with Crippen molar-refractivity contribution in [3.05, 3.63) is 35.4 Å². The second-order valence-corrected chi connectivity index (χ2v) is 5.41. The van der Waals surface area contributed by atoms with Crippen molar-refractivity contribution >= 4 is 17.8 Å². The molecule has 0 aromatic heterocycles. The number of hydrogen-bond donors (Lipinski definition) is 0. The van der Waals surface area contributed by atoms with Crippen molar-refractivity contribution in [2.24, 2.45) is 0 Å². The van der Waals surface area contributed by atoms with Gasteiger partial charge in [-0.15, -0.1) is 0 Å². The van der Waals surface area contributed by atoms with Crippen LogP contribution in [0.4, 0.5) is 0 Å². The smallest absolute Gasteiger partial charge is 0.328 e. The van der Waals surface area contributed by atoms with Gasteiger partial charge in [-0.3, -0.25) is 14.5 Å². The molecule has 110 valence electrons. The molecule has 1 aliphatic heterocycles. The highest BCUT2D eigenvalue weighted by molar-refractivity contribution is 6.20. The van der Waals surface area contributed by atoms with Crippen molar-refractivity contribution < 1.29 is 19.2 Å². The molecule has 1 saturated carbocycles. The molecule has 1 aromatic rings. The Labute approximate surface area is 122 Å². The molecule has 0 atom stereocenters. The predicted octanol–water partition coefficient (Wildman–Crippen LogP) is 1.23. The number of rotatable bonds is 4. The quantitative estimate of drug-likeness (QED) is 0.779. The lowest BCUT2D eigenvalue weighted by Crippen LogP contribution is -2.43. The molecule has 6 heteroatoms. The lowest BCUT2D eigenvalue weighted by molar-refractivity contribution is -0.170. The Morgan fingerprint density at radius 3 is 2.29 bits per heavy atom. The van der Waals surface area contributed by atoms with Gasteiger partial charge < -0.3 is 4.84 Å². The lowest BCUT2D eigenvalue weighted by atomic mass is 9.92. The number of amides is 2. The summed E-state index contributed by atoms with van der Waals surface area (Å²) < 4.78 is 0. The van der Waals surface area contributed by atoms with Crippen LogP contribution in [0.1, 0.15) is 40.0 Å². The van der Waals surface area contributed by atoms with Gasteiger partial charge in [0.15, 0.2) is 0 Å². The van der Waals surface area contributed by atoms with Crippen molar-refractivity contribution in [1.82, 2.24) is 9.96 Å². The second-order valence-electron chi connectivity index (χ2n) is 5.41. The van der Waals surface area contributed by atoms with Gasteiger partial charge in [0.05, 0.1) is 17.7 Å². The zero-order valence-electron chi connectivity index (χ0n) is 11.7. The van der Waals surface area contributed by atoms with Gasteiger partial charge in [-0.1, -0.05) is 23.6 Å². The number of imide groups is 1. The fourth-order valence-electron chi connectivity index (χ4n) is 2.54. The number of benzene rings is 1. The molecule has 1 heterocycles. The molecule has 1 aromatic carbocycles. The van der Waals surface area contributed by atoms with Gasteiger partial charge in [0.25, 0.3) is 11.8 Å². The second kappa shape index (κ2) is 5.29. The van der Waals surface area contributed by atoms with E-state index < -0.39 is 17.8 Å². The summed E-state index contributed by atoms with van der Waals surface area (Å²) in [5.41, 5.74) is 0.533. The van der Waals surface area contributed by atoms with Crippen LogP contribution in [0, 0.1) is 0 Å². The topological polar surface area (TPSA) is 66.9 Å². The largest absolute Gasteiger partial charge is 0.347 e. The number of carbonyl (C=O) groups is 3. The van der Waals surface area contributed by atoms with Gasteiger partial charge in [0, 0.05) is 6.04 Å². The summed E-state index contributed by atoms with van der Waals surface area (Å²) in [5.74, 6) is -1.77. The average Bonchev–Trinajstić information content (AvgIpc) is 2.62. The number of hydroxylamine groups is 2. The minimum atomic E-state index is -0.598. The molecule has 0 spiro atoms. The highest BCUT2D eigenvalue weighted by atomic mass is 16.7. The minimum absolute atomic E-state index is 0.0675. The van der Waals surface area contributed by atoms with E-state index in [1.54, 1.807) is 24.3 Å². The standard InChI is InChI=1S/C15H16N2O4/c1-16(10-5-4-6-10)9-13(18)21-17-14(19)11-7-2-3-8-12(11)15(17)20/h2-3,7-8,10H,4-6,9H2,1H3. The molecular formula is C15H16N2O4. The van der Waals surface area contributed by atoms with Crippen LogP contribution < -0.4 is 0 Å². The molecule has 2 aliphatic rings. The monoisotopic (exact) mass is 288 g/mol. The van der Waals surface area contributed by atoms with E-state index in [1.807, 2.05) is 11.9 Å². The van der Waals surface area contributed by atoms with E-state index in [4.69, 9.17) is 4.84 Å². The molecular weight excluding hydrogens is 272 g/mol. The molecule has 1 aliphatic carbocycles. The van der Waals surface area contributed by atoms with Crippen LogP contribution in [0.15, 0.2) is 24.3 Å². The van der Waals surface area contributed by atoms with E-state index in [9.17, 15) is 14.4 Å². The Morgan fingerprint density at radius 2 is 1.81 bits per heavy atom. The first kappa shape index (κ1) is 13.8. The maximum Gasteiger partial charge on any atom is 0.347 e. The van der Waals surface area contributed by atoms with Gasteiger partial charge in [0.2, 0.25) is 0 Å². The number of hydrogen-bond acceptors (Lipinski definition) is 5. The Kier molecular flexibility index (Phi) is 3.47. The van der Waals surface area contributed by atoms with Crippen LogP contribution in [-0.4, -0.2) is 47.4 Å². The van der Waals surface area contributed by atoms with E-state index in [-0.39, 0.29) is 17.7 Å². The van der Waals surface area contributed by atoms with Crippen molar-refractivity contribution in [3.8, 4) is 0 Å². The Balaban J connectivity index is 1.64. The van der Waals surface area contributed by atoms with Crippen molar-refractivity contribution in [1.29, 1.82) is 0 Å². The molecule has 0 saturated heterocycles. The van der Waals surface area contributed by atoms with Crippen LogP contribution >= 0.6 is 0 Å². The molecule has 3 rings (SSSR count). The third-order valence-electron chi connectivity index (χ3n) is 4.03. The normalized spacial score (nSPS) is 17.9. The van der Waals surface area contributed by atoms with E-state index in [2.05, 4.69) is 0 Å². The van der Waals surface area contributed by atoms with Crippen LogP contribution in [-0.2, 0) is 9.63 Å². The summed E-state index contributed by atoms with van der Waals surface area (Å²) in [7, 11) is 1.84. The van der Waals surface area contributed by atoms with Crippen LogP contribution in [0.25, 0.3) is 0 Å². The van der Waals surface area contributed by atoms with E-state index in [0.29, 0.717) is 11.1 Å². The van der Waals surface area contributed by atoms with E-state index >= 15 is 0 Å². The number of likely N-dealkylation sites (N-methyl/N-ethyl adjacent to an activating group) is 1. The molecule has 0 N–H and O–H groups in total. The maximum atomic E-state index is 12.0. The molecule has 2 amide bonds. The zero-order valence-corrected chi connectivity index (χ0v) is 11.7. The Morgan fingerprint density at radius 1 is 1.24 bits per heavy atom. The van der Waals surface area contributed by atoms with Crippen molar-refractivity contribution in [3.63, 3.8) is 0 Å². The first-order chi connectivity index (χ1) is 10.1. The average molecular weight is 288 g/mol. The third-order valence-corrected chi connectivity index (χ3v) is 4.03. The van der Waals surface area contributed by atoms with Crippen LogP contribution in [0.5, 0.6) is 0 Å². The highest BCUT2D eigenvalue weighted by Gasteiger charge is 2.38. The SMILES string of the molecule is CN(CC(=O)ON1C(=O)c2ccccc2C1=O)C1CCC1. The van der Waals surface area contributed by atoms with E-state index in [0.717, 1.165) is 12.8 Å². The summed E-state index contributed by atoms with van der Waals surface area (Å²) in [4.78, 5) is 42.8. The predicted molar refractivity (Wildman–Crippen MR) is 73.3 cm³/mol. The third kappa shape index (κ3) is 2.42. The number of fused-ring (bicyclic) bond motifs is 1. The Hall–Kier alpha value is -2.21.